The monoisotopic (exact) mass is 298 g/mol. The molecule has 0 heterocycles. The number of nitrogens with one attached hydrogen (secondary N) is 1. The van der Waals surface area contributed by atoms with Crippen molar-refractivity contribution in [1.82, 2.24) is 9.62 Å². The van der Waals surface area contributed by atoms with Gasteiger partial charge in [0.1, 0.15) is 0 Å². The molecule has 6 heteroatoms. The zero-order valence-corrected chi connectivity index (χ0v) is 13.4. The highest BCUT2D eigenvalue weighted by molar-refractivity contribution is 7.89. The Morgan fingerprint density at radius 2 is 1.65 bits per heavy atom. The molecule has 0 fully saturated rings. The van der Waals surface area contributed by atoms with E-state index in [1.165, 1.54) is 26.2 Å². The van der Waals surface area contributed by atoms with Crippen molar-refractivity contribution < 1.29 is 13.2 Å². The van der Waals surface area contributed by atoms with E-state index in [0.717, 1.165) is 9.87 Å². The number of carbonyl (C=O) groups excluding carboxylic acids is 1. The Labute approximate surface area is 121 Å². The summed E-state index contributed by atoms with van der Waals surface area (Å²) in [6.45, 7) is 5.74. The fourth-order valence-corrected chi connectivity index (χ4v) is 2.54. The molecular weight excluding hydrogens is 276 g/mol. The average Bonchev–Trinajstić information content (AvgIpc) is 2.26. The Bertz CT molecular complexity index is 569. The molecule has 0 unspecified atom stereocenters. The van der Waals surface area contributed by atoms with E-state index in [1.54, 1.807) is 12.1 Å². The van der Waals surface area contributed by atoms with Crippen LogP contribution in [0, 0.1) is 0 Å². The summed E-state index contributed by atoms with van der Waals surface area (Å²) in [7, 11) is -0.446. The van der Waals surface area contributed by atoms with Gasteiger partial charge >= 0.3 is 0 Å². The molecule has 20 heavy (non-hydrogen) atoms. The van der Waals surface area contributed by atoms with Gasteiger partial charge in [-0.25, -0.2) is 12.7 Å². The summed E-state index contributed by atoms with van der Waals surface area (Å²) in [5.41, 5.74) is 0.509. The Kier molecular flexibility index (Phi) is 4.94. The number of sulfonamides is 1. The molecule has 5 nitrogen and oxygen atoms in total. The second-order valence-corrected chi connectivity index (χ2v) is 8.06. The van der Waals surface area contributed by atoms with Crippen LogP contribution in [0.1, 0.15) is 26.3 Å². The molecule has 0 saturated carbocycles. The smallest absolute Gasteiger partial charge is 0.242 e. The highest BCUT2D eigenvalue weighted by atomic mass is 32.2. The summed E-state index contributed by atoms with van der Waals surface area (Å²) in [6, 6.07) is 6.38. The van der Waals surface area contributed by atoms with Gasteiger partial charge in [-0.05, 0) is 38.5 Å². The molecule has 1 amide bonds. The van der Waals surface area contributed by atoms with Crippen molar-refractivity contribution in [3.8, 4) is 0 Å². The molecule has 1 aromatic carbocycles. The van der Waals surface area contributed by atoms with Crippen molar-refractivity contribution >= 4 is 15.9 Å². The van der Waals surface area contributed by atoms with Crippen LogP contribution < -0.4 is 5.32 Å². The van der Waals surface area contributed by atoms with Gasteiger partial charge in [-0.2, -0.15) is 0 Å². The van der Waals surface area contributed by atoms with Gasteiger partial charge in [-0.15, -0.1) is 0 Å². The molecule has 0 bridgehead atoms. The van der Waals surface area contributed by atoms with Crippen LogP contribution in [0.3, 0.4) is 0 Å². The molecule has 0 radical (unpaired) electrons. The first-order valence-electron chi connectivity index (χ1n) is 6.35. The number of hydrogen-bond acceptors (Lipinski definition) is 3. The van der Waals surface area contributed by atoms with Crippen LogP contribution in [0.4, 0.5) is 0 Å². The third kappa shape index (κ3) is 4.61. The van der Waals surface area contributed by atoms with Gasteiger partial charge in [0.25, 0.3) is 0 Å². The SMILES string of the molecule is CN(C)S(=O)(=O)c1ccc(CC(=O)NC(C)(C)C)cc1. The molecule has 0 spiro atoms. The standard InChI is InChI=1S/C14H22N2O3S/c1-14(2,3)15-13(17)10-11-6-8-12(9-7-11)20(18,19)16(4)5/h6-9H,10H2,1-5H3,(H,15,17). The minimum absolute atomic E-state index is 0.0827. The molecule has 0 aromatic heterocycles. The average molecular weight is 298 g/mol. The van der Waals surface area contributed by atoms with E-state index in [1.807, 2.05) is 20.8 Å². The van der Waals surface area contributed by atoms with E-state index >= 15 is 0 Å². The number of benzene rings is 1. The zero-order valence-electron chi connectivity index (χ0n) is 12.6. The van der Waals surface area contributed by atoms with Gasteiger partial charge < -0.3 is 5.32 Å². The van der Waals surface area contributed by atoms with Gasteiger partial charge in [-0.3, -0.25) is 4.79 Å². The predicted octanol–water partition coefficient (Wildman–Crippen LogP) is 1.39. The first-order valence-corrected chi connectivity index (χ1v) is 7.79. The van der Waals surface area contributed by atoms with Crippen molar-refractivity contribution in [2.45, 2.75) is 37.6 Å². The Morgan fingerprint density at radius 3 is 2.05 bits per heavy atom. The highest BCUT2D eigenvalue weighted by Crippen LogP contribution is 2.14. The largest absolute Gasteiger partial charge is 0.351 e. The number of nitrogens with zero attached hydrogens (tertiary/aromatic N) is 1. The lowest BCUT2D eigenvalue weighted by molar-refractivity contribution is -0.121. The van der Waals surface area contributed by atoms with Crippen LogP contribution in [0.2, 0.25) is 0 Å². The van der Waals surface area contributed by atoms with Crippen LogP contribution in [-0.4, -0.2) is 38.3 Å². The Morgan fingerprint density at radius 1 is 1.15 bits per heavy atom. The van der Waals surface area contributed by atoms with Gasteiger partial charge in [0.2, 0.25) is 15.9 Å². The molecule has 112 valence electrons. The minimum atomic E-state index is -3.42. The lowest BCUT2D eigenvalue weighted by Gasteiger charge is -2.20. The van der Waals surface area contributed by atoms with Gasteiger partial charge in [0.15, 0.2) is 0 Å². The quantitative estimate of drug-likeness (QED) is 0.913. The summed E-state index contributed by atoms with van der Waals surface area (Å²) in [5, 5.41) is 2.87. The molecule has 1 aromatic rings. The van der Waals surface area contributed by atoms with Crippen LogP contribution in [-0.2, 0) is 21.2 Å². The molecule has 1 N–H and O–H groups in total. The van der Waals surface area contributed by atoms with Gasteiger partial charge in [-0.1, -0.05) is 12.1 Å². The van der Waals surface area contributed by atoms with E-state index in [4.69, 9.17) is 0 Å². The number of hydrogen-bond donors (Lipinski definition) is 1. The van der Waals surface area contributed by atoms with Crippen LogP contribution >= 0.6 is 0 Å². The topological polar surface area (TPSA) is 66.5 Å². The molecule has 1 rings (SSSR count). The maximum absolute atomic E-state index is 11.9. The number of rotatable bonds is 4. The van der Waals surface area contributed by atoms with E-state index in [9.17, 15) is 13.2 Å². The summed E-state index contributed by atoms with van der Waals surface area (Å²) < 4.78 is 25.0. The van der Waals surface area contributed by atoms with Crippen molar-refractivity contribution in [3.05, 3.63) is 29.8 Å². The number of carbonyl (C=O) groups is 1. The molecular formula is C14H22N2O3S. The van der Waals surface area contributed by atoms with Crippen molar-refractivity contribution in [2.75, 3.05) is 14.1 Å². The second kappa shape index (κ2) is 5.93. The molecule has 0 aliphatic carbocycles. The van der Waals surface area contributed by atoms with Gasteiger partial charge in [0.05, 0.1) is 11.3 Å². The van der Waals surface area contributed by atoms with Crippen molar-refractivity contribution in [2.24, 2.45) is 0 Å². The van der Waals surface area contributed by atoms with Crippen LogP contribution in [0.5, 0.6) is 0 Å². The first kappa shape index (κ1) is 16.7. The van der Waals surface area contributed by atoms with Crippen molar-refractivity contribution in [1.29, 1.82) is 0 Å². The molecule has 0 aliphatic rings. The summed E-state index contributed by atoms with van der Waals surface area (Å²) in [5.74, 6) is -0.0827. The van der Waals surface area contributed by atoms with Crippen LogP contribution in [0.25, 0.3) is 0 Å². The fraction of sp³-hybridized carbons (Fsp3) is 0.500. The molecule has 0 aliphatic heterocycles. The third-order valence-electron chi connectivity index (χ3n) is 2.58. The lowest BCUT2D eigenvalue weighted by atomic mass is 10.1. The highest BCUT2D eigenvalue weighted by Gasteiger charge is 2.17. The van der Waals surface area contributed by atoms with E-state index in [0.29, 0.717) is 0 Å². The van der Waals surface area contributed by atoms with E-state index in [-0.39, 0.29) is 22.8 Å². The first-order chi connectivity index (χ1) is 9.02. The van der Waals surface area contributed by atoms with E-state index < -0.39 is 10.0 Å². The maximum Gasteiger partial charge on any atom is 0.242 e. The third-order valence-corrected chi connectivity index (χ3v) is 4.41. The molecule has 0 atom stereocenters. The normalized spacial score (nSPS) is 12.5. The lowest BCUT2D eigenvalue weighted by Crippen LogP contribution is -2.41. The summed E-state index contributed by atoms with van der Waals surface area (Å²) in [6.07, 6.45) is 0.236. The maximum atomic E-state index is 11.9. The predicted molar refractivity (Wildman–Crippen MR) is 78.9 cm³/mol. The van der Waals surface area contributed by atoms with E-state index in [2.05, 4.69) is 5.32 Å². The van der Waals surface area contributed by atoms with Gasteiger partial charge in [0, 0.05) is 19.6 Å². The van der Waals surface area contributed by atoms with Crippen LogP contribution in [0.15, 0.2) is 29.2 Å². The van der Waals surface area contributed by atoms with Crippen molar-refractivity contribution in [3.63, 3.8) is 0 Å². The number of amides is 1. The summed E-state index contributed by atoms with van der Waals surface area (Å²) >= 11 is 0. The zero-order chi connectivity index (χ0) is 15.6. The Balaban J connectivity index is 2.81. The second-order valence-electron chi connectivity index (χ2n) is 5.91. The molecule has 0 saturated heterocycles. The fourth-order valence-electron chi connectivity index (χ4n) is 1.64. The Hall–Kier alpha value is -1.40. The minimum Gasteiger partial charge on any atom is -0.351 e. The summed E-state index contributed by atoms with van der Waals surface area (Å²) in [4.78, 5) is 12.0.